The van der Waals surface area contributed by atoms with E-state index >= 15 is 0 Å². The molecule has 10 heteroatoms. The maximum Gasteiger partial charge on any atom is 0.254 e. The van der Waals surface area contributed by atoms with Gasteiger partial charge in [-0.15, -0.1) is 0 Å². The number of nitrogens with one attached hydrogen (secondary N) is 3. The Bertz CT molecular complexity index is 1170. The van der Waals surface area contributed by atoms with Gasteiger partial charge in [0.05, 0.1) is 7.11 Å². The number of methoxy groups -OCH3 is 1. The van der Waals surface area contributed by atoms with E-state index in [-0.39, 0.29) is 11.4 Å². The third-order valence-electron chi connectivity index (χ3n) is 5.49. The molecular weight excluding hydrogens is 446 g/mol. The van der Waals surface area contributed by atoms with E-state index in [2.05, 4.69) is 20.8 Å². The highest BCUT2D eigenvalue weighted by molar-refractivity contribution is 5.97. The molecule has 0 bridgehead atoms. The third kappa shape index (κ3) is 5.57. The molecule has 3 rings (SSSR count). The first-order valence-corrected chi connectivity index (χ1v) is 10.5. The monoisotopic (exact) mass is 472 g/mol. The van der Waals surface area contributed by atoms with Crippen molar-refractivity contribution in [3.8, 4) is 5.75 Å². The van der Waals surface area contributed by atoms with Gasteiger partial charge in [0.1, 0.15) is 23.4 Å². The van der Waals surface area contributed by atoms with Crippen LogP contribution in [0.5, 0.6) is 5.75 Å². The van der Waals surface area contributed by atoms with Gasteiger partial charge in [0.25, 0.3) is 5.91 Å². The zero-order valence-electron chi connectivity index (χ0n) is 19.1. The standard InChI is InChI=1S/C24H26F2N4O4/c1-13(27-23(33)21(31)14-8-16(25)11-17(26)9-14)22(32)28-20-12-19(29-30-20)24(2,3)15-6-5-7-18(10-15)34-4/h5-13,21,31H,1-4H3,(H,27,33)(H2,28,29,30,32). The van der Waals surface area contributed by atoms with Crippen LogP contribution in [0.2, 0.25) is 0 Å². The molecule has 34 heavy (non-hydrogen) atoms. The lowest BCUT2D eigenvalue weighted by Crippen LogP contribution is -2.43. The van der Waals surface area contributed by atoms with E-state index < -0.39 is 41.0 Å². The highest BCUT2D eigenvalue weighted by atomic mass is 19.1. The van der Waals surface area contributed by atoms with E-state index in [0.29, 0.717) is 11.8 Å². The Balaban J connectivity index is 1.65. The van der Waals surface area contributed by atoms with Crippen molar-refractivity contribution in [1.29, 1.82) is 0 Å². The molecule has 3 aromatic rings. The quantitative estimate of drug-likeness (QED) is 0.402. The van der Waals surface area contributed by atoms with Gasteiger partial charge in [0, 0.05) is 23.2 Å². The van der Waals surface area contributed by atoms with Crippen LogP contribution in [0.15, 0.2) is 48.5 Å². The molecule has 0 saturated carbocycles. The molecule has 8 nitrogen and oxygen atoms in total. The summed E-state index contributed by atoms with van der Waals surface area (Å²) in [4.78, 5) is 24.8. The first-order chi connectivity index (χ1) is 16.0. The number of halogens is 2. The molecule has 4 N–H and O–H groups in total. The lowest BCUT2D eigenvalue weighted by atomic mass is 9.81. The predicted octanol–water partition coefficient (Wildman–Crippen LogP) is 3.20. The van der Waals surface area contributed by atoms with Crippen molar-refractivity contribution in [2.24, 2.45) is 0 Å². The minimum Gasteiger partial charge on any atom is -0.497 e. The van der Waals surface area contributed by atoms with Gasteiger partial charge >= 0.3 is 0 Å². The van der Waals surface area contributed by atoms with Crippen LogP contribution in [0.4, 0.5) is 14.6 Å². The molecule has 180 valence electrons. The van der Waals surface area contributed by atoms with Crippen molar-refractivity contribution in [1.82, 2.24) is 15.5 Å². The van der Waals surface area contributed by atoms with Crippen LogP contribution >= 0.6 is 0 Å². The minimum absolute atomic E-state index is 0.241. The molecule has 0 aliphatic rings. The number of carbonyl (C=O) groups excluding carboxylic acids is 2. The van der Waals surface area contributed by atoms with Crippen molar-refractivity contribution in [3.05, 3.63) is 77.0 Å². The summed E-state index contributed by atoms with van der Waals surface area (Å²) in [6.07, 6.45) is -1.85. The molecule has 0 saturated heterocycles. The Morgan fingerprint density at radius 3 is 2.41 bits per heavy atom. The predicted molar refractivity (Wildman–Crippen MR) is 121 cm³/mol. The number of benzene rings is 2. The van der Waals surface area contributed by atoms with E-state index in [0.717, 1.165) is 23.4 Å². The molecule has 0 aliphatic carbocycles. The van der Waals surface area contributed by atoms with Gasteiger partial charge in [-0.05, 0) is 42.3 Å². The van der Waals surface area contributed by atoms with Gasteiger partial charge in [-0.25, -0.2) is 8.78 Å². The van der Waals surface area contributed by atoms with Crippen LogP contribution in [0, 0.1) is 11.6 Å². The Kier molecular flexibility index (Phi) is 7.31. The largest absolute Gasteiger partial charge is 0.497 e. The van der Waals surface area contributed by atoms with E-state index in [1.165, 1.54) is 6.92 Å². The van der Waals surface area contributed by atoms with Crippen LogP contribution in [0.25, 0.3) is 0 Å². The average molecular weight is 472 g/mol. The Labute approximate surface area is 195 Å². The normalized spacial score (nSPS) is 13.1. The number of nitrogens with zero attached hydrogens (tertiary/aromatic N) is 1. The highest BCUT2D eigenvalue weighted by Gasteiger charge is 2.27. The first kappa shape index (κ1) is 24.8. The molecule has 2 unspecified atom stereocenters. The summed E-state index contributed by atoms with van der Waals surface area (Å²) in [6.45, 7) is 5.38. The van der Waals surface area contributed by atoms with Gasteiger partial charge in [0.2, 0.25) is 5.91 Å². The SMILES string of the molecule is COc1cccc(C(C)(C)c2cc(NC(=O)C(C)NC(=O)C(O)c3cc(F)cc(F)c3)n[nH]2)c1. The van der Waals surface area contributed by atoms with Crippen LogP contribution in [0.3, 0.4) is 0 Å². The number of anilines is 1. The molecule has 0 fully saturated rings. The Morgan fingerprint density at radius 1 is 1.09 bits per heavy atom. The maximum absolute atomic E-state index is 13.4. The van der Waals surface area contributed by atoms with Gasteiger partial charge < -0.3 is 20.5 Å². The molecule has 0 aliphatic heterocycles. The van der Waals surface area contributed by atoms with E-state index in [1.807, 2.05) is 38.1 Å². The summed E-state index contributed by atoms with van der Waals surface area (Å²) in [7, 11) is 1.59. The number of hydrogen-bond acceptors (Lipinski definition) is 5. The number of aliphatic hydroxyl groups is 1. The van der Waals surface area contributed by atoms with Crippen LogP contribution < -0.4 is 15.4 Å². The zero-order valence-corrected chi connectivity index (χ0v) is 19.1. The Hall–Kier alpha value is -3.79. The molecule has 2 aromatic carbocycles. The fourth-order valence-corrected chi connectivity index (χ4v) is 3.35. The fourth-order valence-electron chi connectivity index (χ4n) is 3.35. The fraction of sp³-hybridized carbons (Fsp3) is 0.292. The number of aliphatic hydroxyl groups excluding tert-OH is 1. The van der Waals surface area contributed by atoms with Crippen molar-refractivity contribution in [3.63, 3.8) is 0 Å². The summed E-state index contributed by atoms with van der Waals surface area (Å²) < 4.78 is 32.0. The second-order valence-electron chi connectivity index (χ2n) is 8.35. The molecule has 1 heterocycles. The lowest BCUT2D eigenvalue weighted by Gasteiger charge is -2.24. The maximum atomic E-state index is 13.4. The molecule has 0 spiro atoms. The number of carbonyl (C=O) groups is 2. The molecule has 2 atom stereocenters. The van der Waals surface area contributed by atoms with Crippen molar-refractivity contribution < 1.29 is 28.2 Å². The highest BCUT2D eigenvalue weighted by Crippen LogP contribution is 2.33. The van der Waals surface area contributed by atoms with E-state index in [4.69, 9.17) is 4.74 Å². The third-order valence-corrected chi connectivity index (χ3v) is 5.49. The Morgan fingerprint density at radius 2 is 1.76 bits per heavy atom. The number of H-pyrrole nitrogens is 1. The number of rotatable bonds is 8. The molecule has 1 aromatic heterocycles. The van der Waals surface area contributed by atoms with Crippen LogP contribution in [0.1, 0.15) is 43.7 Å². The van der Waals surface area contributed by atoms with Gasteiger partial charge in [0.15, 0.2) is 11.9 Å². The second-order valence-corrected chi connectivity index (χ2v) is 8.35. The zero-order chi connectivity index (χ0) is 25.0. The molecular formula is C24H26F2N4O4. The smallest absolute Gasteiger partial charge is 0.254 e. The van der Waals surface area contributed by atoms with Crippen molar-refractivity contribution in [2.45, 2.75) is 38.3 Å². The number of aromatic amines is 1. The minimum atomic E-state index is -1.85. The molecule has 2 amide bonds. The summed E-state index contributed by atoms with van der Waals surface area (Å²) in [5, 5.41) is 22.0. The van der Waals surface area contributed by atoms with Crippen molar-refractivity contribution >= 4 is 17.6 Å². The van der Waals surface area contributed by atoms with Crippen molar-refractivity contribution in [2.75, 3.05) is 12.4 Å². The summed E-state index contributed by atoms with van der Waals surface area (Å²) in [6, 6.07) is 10.5. The van der Waals surface area contributed by atoms with Crippen LogP contribution in [-0.2, 0) is 15.0 Å². The average Bonchev–Trinajstić information content (AvgIpc) is 3.27. The van der Waals surface area contributed by atoms with Gasteiger partial charge in [-0.3, -0.25) is 14.7 Å². The van der Waals surface area contributed by atoms with E-state index in [9.17, 15) is 23.5 Å². The number of ether oxygens (including phenoxy) is 1. The topological polar surface area (TPSA) is 116 Å². The lowest BCUT2D eigenvalue weighted by molar-refractivity contribution is -0.132. The summed E-state index contributed by atoms with van der Waals surface area (Å²) >= 11 is 0. The second kappa shape index (κ2) is 10.0. The first-order valence-electron chi connectivity index (χ1n) is 10.5. The number of hydrogen-bond donors (Lipinski definition) is 4. The van der Waals surface area contributed by atoms with E-state index in [1.54, 1.807) is 13.2 Å². The summed E-state index contributed by atoms with van der Waals surface area (Å²) in [5.74, 6) is -2.48. The number of aromatic nitrogens is 2. The van der Waals surface area contributed by atoms with Gasteiger partial charge in [-0.2, -0.15) is 5.10 Å². The summed E-state index contributed by atoms with van der Waals surface area (Å²) in [5.41, 5.74) is 0.960. The molecule has 0 radical (unpaired) electrons. The van der Waals surface area contributed by atoms with Gasteiger partial charge in [-0.1, -0.05) is 26.0 Å². The van der Waals surface area contributed by atoms with Crippen LogP contribution in [-0.4, -0.2) is 40.3 Å². The number of amides is 2.